The Morgan fingerprint density at radius 3 is 2.94 bits per heavy atom. The quantitative estimate of drug-likeness (QED) is 0.679. The lowest BCUT2D eigenvalue weighted by Crippen LogP contribution is -2.27. The summed E-state index contributed by atoms with van der Waals surface area (Å²) in [5, 5.41) is 7.87. The van der Waals surface area contributed by atoms with Crippen LogP contribution < -0.4 is 5.32 Å². The minimum absolute atomic E-state index is 0.883. The summed E-state index contributed by atoms with van der Waals surface area (Å²) in [4.78, 5) is 2.67. The lowest BCUT2D eigenvalue weighted by Gasteiger charge is -2.21. The molecule has 1 aromatic rings. The van der Waals surface area contributed by atoms with Gasteiger partial charge in [0.05, 0.1) is 0 Å². The van der Waals surface area contributed by atoms with Gasteiger partial charge in [-0.05, 0) is 67.7 Å². The summed E-state index contributed by atoms with van der Waals surface area (Å²) in [7, 11) is 0. The third-order valence-corrected chi connectivity index (χ3v) is 4.06. The SMILES string of the molecule is CCNCCCCN(Cc1ccsc1)C1CC1. The molecule has 1 aromatic heterocycles. The number of hydrogen-bond acceptors (Lipinski definition) is 3. The number of unbranched alkanes of at least 4 members (excludes halogenated alkanes) is 1. The lowest BCUT2D eigenvalue weighted by molar-refractivity contribution is 0.249. The van der Waals surface area contributed by atoms with Gasteiger partial charge in [-0.15, -0.1) is 0 Å². The first-order valence-corrected chi connectivity index (χ1v) is 7.80. The molecule has 0 radical (unpaired) electrons. The van der Waals surface area contributed by atoms with E-state index < -0.39 is 0 Å². The van der Waals surface area contributed by atoms with Gasteiger partial charge in [-0.2, -0.15) is 11.3 Å². The van der Waals surface area contributed by atoms with Gasteiger partial charge in [-0.3, -0.25) is 4.90 Å². The van der Waals surface area contributed by atoms with E-state index >= 15 is 0 Å². The van der Waals surface area contributed by atoms with Gasteiger partial charge < -0.3 is 5.32 Å². The molecule has 1 saturated carbocycles. The van der Waals surface area contributed by atoms with Crippen molar-refractivity contribution in [3.63, 3.8) is 0 Å². The molecule has 1 heterocycles. The van der Waals surface area contributed by atoms with Crippen LogP contribution in [0.1, 0.15) is 38.2 Å². The zero-order chi connectivity index (χ0) is 11.9. The molecule has 1 N–H and O–H groups in total. The molecule has 3 heteroatoms. The van der Waals surface area contributed by atoms with Gasteiger partial charge in [0, 0.05) is 12.6 Å². The fraction of sp³-hybridized carbons (Fsp3) is 0.714. The second kappa shape index (κ2) is 7.14. The fourth-order valence-electron chi connectivity index (χ4n) is 2.19. The van der Waals surface area contributed by atoms with E-state index in [1.54, 1.807) is 0 Å². The van der Waals surface area contributed by atoms with Crippen LogP contribution >= 0.6 is 11.3 Å². The molecular formula is C14H24N2S. The van der Waals surface area contributed by atoms with Crippen LogP contribution in [0.4, 0.5) is 0 Å². The van der Waals surface area contributed by atoms with E-state index in [1.807, 2.05) is 11.3 Å². The van der Waals surface area contributed by atoms with Crippen LogP contribution in [0.2, 0.25) is 0 Å². The van der Waals surface area contributed by atoms with E-state index in [0.717, 1.165) is 19.1 Å². The number of nitrogens with one attached hydrogen (secondary N) is 1. The van der Waals surface area contributed by atoms with Crippen molar-refractivity contribution in [2.24, 2.45) is 0 Å². The first-order chi connectivity index (χ1) is 8.40. The van der Waals surface area contributed by atoms with Crippen LogP contribution in [0.25, 0.3) is 0 Å². The Balaban J connectivity index is 1.66. The molecule has 1 fully saturated rings. The highest BCUT2D eigenvalue weighted by atomic mass is 32.1. The van der Waals surface area contributed by atoms with Crippen LogP contribution in [-0.2, 0) is 6.54 Å². The van der Waals surface area contributed by atoms with Crippen molar-refractivity contribution < 1.29 is 0 Å². The van der Waals surface area contributed by atoms with Crippen LogP contribution in [0.5, 0.6) is 0 Å². The zero-order valence-electron chi connectivity index (χ0n) is 10.8. The topological polar surface area (TPSA) is 15.3 Å². The number of hydrogen-bond donors (Lipinski definition) is 1. The maximum Gasteiger partial charge on any atom is 0.0244 e. The van der Waals surface area contributed by atoms with Crippen LogP contribution in [0.15, 0.2) is 16.8 Å². The van der Waals surface area contributed by atoms with Crippen molar-refractivity contribution in [1.82, 2.24) is 10.2 Å². The van der Waals surface area contributed by atoms with Crippen molar-refractivity contribution in [3.8, 4) is 0 Å². The second-order valence-corrected chi connectivity index (χ2v) is 5.67. The van der Waals surface area contributed by atoms with Crippen molar-refractivity contribution >= 4 is 11.3 Å². The third-order valence-electron chi connectivity index (χ3n) is 3.33. The highest BCUT2D eigenvalue weighted by molar-refractivity contribution is 7.07. The summed E-state index contributed by atoms with van der Waals surface area (Å²) in [5.74, 6) is 0. The van der Waals surface area contributed by atoms with E-state index in [0.29, 0.717) is 0 Å². The summed E-state index contributed by atoms with van der Waals surface area (Å²) in [6.45, 7) is 6.88. The Hall–Kier alpha value is -0.380. The van der Waals surface area contributed by atoms with Gasteiger partial charge >= 0.3 is 0 Å². The van der Waals surface area contributed by atoms with Gasteiger partial charge in [0.1, 0.15) is 0 Å². The minimum Gasteiger partial charge on any atom is -0.317 e. The van der Waals surface area contributed by atoms with Crippen LogP contribution in [-0.4, -0.2) is 30.6 Å². The van der Waals surface area contributed by atoms with Crippen LogP contribution in [0.3, 0.4) is 0 Å². The van der Waals surface area contributed by atoms with Gasteiger partial charge in [0.25, 0.3) is 0 Å². The first kappa shape index (κ1) is 13.1. The molecule has 2 nitrogen and oxygen atoms in total. The van der Waals surface area contributed by atoms with Gasteiger partial charge in [-0.1, -0.05) is 6.92 Å². The Kier molecular flexibility index (Phi) is 5.49. The summed E-state index contributed by atoms with van der Waals surface area (Å²) in [6, 6.07) is 3.15. The van der Waals surface area contributed by atoms with E-state index in [2.05, 4.69) is 34.0 Å². The van der Waals surface area contributed by atoms with Crippen molar-refractivity contribution in [1.29, 1.82) is 0 Å². The van der Waals surface area contributed by atoms with Gasteiger partial charge in [-0.25, -0.2) is 0 Å². The largest absolute Gasteiger partial charge is 0.317 e. The molecule has 1 aliphatic rings. The first-order valence-electron chi connectivity index (χ1n) is 6.86. The summed E-state index contributed by atoms with van der Waals surface area (Å²) in [5.41, 5.74) is 1.49. The number of nitrogens with zero attached hydrogens (tertiary/aromatic N) is 1. The average Bonchev–Trinajstić information content (AvgIpc) is 3.06. The standard InChI is InChI=1S/C14H24N2S/c1-2-15-8-3-4-9-16(14-5-6-14)11-13-7-10-17-12-13/h7,10,12,14-15H,2-6,8-9,11H2,1H3. The predicted molar refractivity (Wildman–Crippen MR) is 75.5 cm³/mol. The molecule has 0 aliphatic heterocycles. The smallest absolute Gasteiger partial charge is 0.0244 e. The molecule has 2 rings (SSSR count). The molecule has 0 unspecified atom stereocenters. The average molecular weight is 252 g/mol. The van der Waals surface area contributed by atoms with Crippen LogP contribution in [0, 0.1) is 0 Å². The highest BCUT2D eigenvalue weighted by Gasteiger charge is 2.28. The summed E-state index contributed by atoms with van der Waals surface area (Å²) < 4.78 is 0. The maximum atomic E-state index is 3.40. The molecule has 0 amide bonds. The summed E-state index contributed by atoms with van der Waals surface area (Å²) >= 11 is 1.81. The molecule has 0 spiro atoms. The van der Waals surface area contributed by atoms with Gasteiger partial charge in [0.2, 0.25) is 0 Å². The number of thiophene rings is 1. The second-order valence-electron chi connectivity index (χ2n) is 4.89. The fourth-order valence-corrected chi connectivity index (χ4v) is 2.85. The van der Waals surface area contributed by atoms with Crippen molar-refractivity contribution in [2.75, 3.05) is 19.6 Å². The van der Waals surface area contributed by atoms with Crippen molar-refractivity contribution in [3.05, 3.63) is 22.4 Å². The van der Waals surface area contributed by atoms with E-state index in [9.17, 15) is 0 Å². The zero-order valence-corrected chi connectivity index (χ0v) is 11.6. The van der Waals surface area contributed by atoms with E-state index in [-0.39, 0.29) is 0 Å². The molecule has 0 saturated heterocycles. The molecule has 1 aliphatic carbocycles. The molecule has 0 bridgehead atoms. The Bertz CT molecular complexity index is 293. The molecular weight excluding hydrogens is 228 g/mol. The normalized spacial score (nSPS) is 15.6. The molecule has 17 heavy (non-hydrogen) atoms. The summed E-state index contributed by atoms with van der Waals surface area (Å²) in [6.07, 6.45) is 5.46. The minimum atomic E-state index is 0.883. The number of rotatable bonds is 9. The molecule has 0 aromatic carbocycles. The molecule has 0 atom stereocenters. The van der Waals surface area contributed by atoms with Crippen molar-refractivity contribution in [2.45, 2.75) is 45.2 Å². The van der Waals surface area contributed by atoms with E-state index in [1.165, 1.54) is 44.3 Å². The molecule has 96 valence electrons. The lowest BCUT2D eigenvalue weighted by atomic mass is 10.2. The monoisotopic (exact) mass is 252 g/mol. The highest BCUT2D eigenvalue weighted by Crippen LogP contribution is 2.28. The predicted octanol–water partition coefficient (Wildman–Crippen LogP) is 3.10. The van der Waals surface area contributed by atoms with E-state index in [4.69, 9.17) is 0 Å². The Labute approximate surface area is 109 Å². The maximum absolute atomic E-state index is 3.40. The van der Waals surface area contributed by atoms with Gasteiger partial charge in [0.15, 0.2) is 0 Å². The third kappa shape index (κ3) is 4.78. The Morgan fingerprint density at radius 1 is 1.41 bits per heavy atom. The Morgan fingerprint density at radius 2 is 2.29 bits per heavy atom.